The van der Waals surface area contributed by atoms with Crippen molar-refractivity contribution >= 4 is 34.0 Å². The summed E-state index contributed by atoms with van der Waals surface area (Å²) >= 11 is 5.94. The summed E-state index contributed by atoms with van der Waals surface area (Å²) in [6.07, 6.45) is 17.9. The maximum Gasteiger partial charge on any atom is 0.0449 e. The lowest BCUT2D eigenvalue weighted by molar-refractivity contribution is 0.557. The van der Waals surface area contributed by atoms with Gasteiger partial charge in [-0.15, -0.1) is 34.0 Å². The van der Waals surface area contributed by atoms with E-state index >= 15 is 0 Å². The molecule has 3 aromatic rings. The number of unbranched alkanes of at least 4 members (excludes halogenated alkanes) is 9. The molecule has 0 spiro atoms. The lowest BCUT2D eigenvalue weighted by Crippen LogP contribution is -1.94. The van der Waals surface area contributed by atoms with Gasteiger partial charge in [-0.2, -0.15) is 0 Å². The van der Waals surface area contributed by atoms with E-state index in [4.69, 9.17) is 0 Å². The van der Waals surface area contributed by atoms with Crippen LogP contribution in [0.2, 0.25) is 0 Å². The Labute approximate surface area is 209 Å². The molecule has 0 aliphatic carbocycles. The highest BCUT2D eigenvalue weighted by atomic mass is 32.1. The summed E-state index contributed by atoms with van der Waals surface area (Å²) < 4.78 is 0. The van der Waals surface area contributed by atoms with E-state index in [0.717, 1.165) is 5.92 Å². The lowest BCUT2D eigenvalue weighted by atomic mass is 10.0. The van der Waals surface area contributed by atoms with Crippen LogP contribution in [-0.4, -0.2) is 0 Å². The fourth-order valence-corrected chi connectivity index (χ4v) is 7.55. The molecular formula is C29H42S3. The summed E-state index contributed by atoms with van der Waals surface area (Å²) in [5.41, 5.74) is 0. The van der Waals surface area contributed by atoms with Gasteiger partial charge in [0.2, 0.25) is 0 Å². The van der Waals surface area contributed by atoms with E-state index in [2.05, 4.69) is 57.2 Å². The largest absolute Gasteiger partial charge is 0.139 e. The van der Waals surface area contributed by atoms with Crippen molar-refractivity contribution in [2.24, 2.45) is 5.92 Å². The van der Waals surface area contributed by atoms with Gasteiger partial charge in [0, 0.05) is 29.3 Å². The normalized spacial score (nSPS) is 12.5. The zero-order valence-corrected chi connectivity index (χ0v) is 22.9. The van der Waals surface area contributed by atoms with Crippen LogP contribution < -0.4 is 0 Å². The standard InChI is InChI=1S/C29H42S3/c1-4-6-7-8-9-10-11-12-13-14-15-24-16-18-26(30-24)28-20-21-29(32-28)27-19-17-25(31-27)22-23(3)5-2/h16-21,23H,4-15,22H2,1-3H3/t23-/m0/s1. The molecule has 0 nitrogen and oxygen atoms in total. The summed E-state index contributed by atoms with van der Waals surface area (Å²) in [5, 5.41) is 0. The van der Waals surface area contributed by atoms with Crippen molar-refractivity contribution < 1.29 is 0 Å². The summed E-state index contributed by atoms with van der Waals surface area (Å²) in [5.74, 6) is 0.778. The highest BCUT2D eigenvalue weighted by Gasteiger charge is 2.11. The van der Waals surface area contributed by atoms with Gasteiger partial charge >= 0.3 is 0 Å². The highest BCUT2D eigenvalue weighted by Crippen LogP contribution is 2.40. The minimum atomic E-state index is 0.778. The third kappa shape index (κ3) is 8.47. The molecule has 0 aliphatic heterocycles. The van der Waals surface area contributed by atoms with Crippen LogP contribution in [-0.2, 0) is 12.8 Å². The maximum absolute atomic E-state index is 2.36. The number of thiophene rings is 3. The van der Waals surface area contributed by atoms with Crippen LogP contribution in [0.4, 0.5) is 0 Å². The van der Waals surface area contributed by atoms with Gasteiger partial charge in [0.15, 0.2) is 0 Å². The van der Waals surface area contributed by atoms with E-state index in [1.54, 1.807) is 4.88 Å². The SMILES string of the molecule is CCCCCCCCCCCCc1ccc(-c2ccc(-c3ccc(C[C@@H](C)CC)s3)s2)s1. The average Bonchev–Trinajstić information content (AvgIpc) is 3.55. The Bertz CT molecular complexity index is 882. The van der Waals surface area contributed by atoms with Crippen LogP contribution in [0.1, 0.15) is 101 Å². The van der Waals surface area contributed by atoms with Crippen molar-refractivity contribution in [2.75, 3.05) is 0 Å². The molecule has 0 amide bonds. The number of hydrogen-bond donors (Lipinski definition) is 0. The molecular weight excluding hydrogens is 445 g/mol. The Morgan fingerprint density at radius 1 is 0.562 bits per heavy atom. The fourth-order valence-electron chi connectivity index (χ4n) is 4.14. The molecule has 32 heavy (non-hydrogen) atoms. The topological polar surface area (TPSA) is 0 Å². The van der Waals surface area contributed by atoms with Crippen LogP contribution in [0, 0.1) is 5.92 Å². The highest BCUT2D eigenvalue weighted by molar-refractivity contribution is 7.26. The average molecular weight is 487 g/mol. The molecule has 3 aromatic heterocycles. The number of rotatable bonds is 16. The Morgan fingerprint density at radius 2 is 1.03 bits per heavy atom. The van der Waals surface area contributed by atoms with E-state index in [-0.39, 0.29) is 0 Å². The molecule has 0 radical (unpaired) electrons. The third-order valence-corrected chi connectivity index (χ3v) is 10.2. The van der Waals surface area contributed by atoms with Gasteiger partial charge in [-0.25, -0.2) is 0 Å². The Balaban J connectivity index is 1.39. The fraction of sp³-hybridized carbons (Fsp3) is 0.586. The molecule has 1 atom stereocenters. The molecule has 3 heterocycles. The van der Waals surface area contributed by atoms with Gasteiger partial charge in [-0.3, -0.25) is 0 Å². The molecule has 0 aliphatic rings. The maximum atomic E-state index is 2.36. The number of hydrogen-bond acceptors (Lipinski definition) is 3. The minimum absolute atomic E-state index is 0.778. The number of aryl methyl sites for hydroxylation is 1. The van der Waals surface area contributed by atoms with Crippen LogP contribution in [0.25, 0.3) is 19.5 Å². The van der Waals surface area contributed by atoms with Crippen molar-refractivity contribution in [3.63, 3.8) is 0 Å². The zero-order valence-electron chi connectivity index (χ0n) is 20.5. The van der Waals surface area contributed by atoms with Gasteiger partial charge in [-0.1, -0.05) is 85.0 Å². The zero-order chi connectivity index (χ0) is 22.6. The summed E-state index contributed by atoms with van der Waals surface area (Å²) in [4.78, 5) is 8.81. The quantitative estimate of drug-likeness (QED) is 0.177. The van der Waals surface area contributed by atoms with Crippen molar-refractivity contribution in [2.45, 2.75) is 104 Å². The Kier molecular flexibility index (Phi) is 11.6. The monoisotopic (exact) mass is 486 g/mol. The van der Waals surface area contributed by atoms with Gasteiger partial charge in [0.1, 0.15) is 0 Å². The second-order valence-electron chi connectivity index (χ2n) is 9.35. The van der Waals surface area contributed by atoms with Crippen LogP contribution in [0.5, 0.6) is 0 Å². The van der Waals surface area contributed by atoms with Gasteiger partial charge in [-0.05, 0) is 61.6 Å². The lowest BCUT2D eigenvalue weighted by Gasteiger charge is -2.04. The summed E-state index contributed by atoms with van der Waals surface area (Å²) in [7, 11) is 0. The van der Waals surface area contributed by atoms with Crippen molar-refractivity contribution in [1.82, 2.24) is 0 Å². The van der Waals surface area contributed by atoms with Crippen molar-refractivity contribution in [1.29, 1.82) is 0 Å². The predicted molar refractivity (Wildman–Crippen MR) is 150 cm³/mol. The first-order valence-electron chi connectivity index (χ1n) is 13.0. The second kappa shape index (κ2) is 14.4. The third-order valence-electron chi connectivity index (χ3n) is 6.44. The first-order valence-corrected chi connectivity index (χ1v) is 15.4. The van der Waals surface area contributed by atoms with Crippen LogP contribution in [0.3, 0.4) is 0 Å². The molecule has 0 fully saturated rings. The van der Waals surface area contributed by atoms with Gasteiger partial charge in [0.25, 0.3) is 0 Å². The molecule has 0 N–H and O–H groups in total. The molecule has 3 rings (SSSR count). The molecule has 0 bridgehead atoms. The second-order valence-corrected chi connectivity index (χ2v) is 12.8. The van der Waals surface area contributed by atoms with Crippen LogP contribution in [0.15, 0.2) is 36.4 Å². The van der Waals surface area contributed by atoms with E-state index < -0.39 is 0 Å². The molecule has 3 heteroatoms. The molecule has 176 valence electrons. The Morgan fingerprint density at radius 3 is 1.62 bits per heavy atom. The molecule has 0 unspecified atom stereocenters. The van der Waals surface area contributed by atoms with Crippen molar-refractivity contribution in [3.05, 3.63) is 46.2 Å². The molecule has 0 aromatic carbocycles. The van der Waals surface area contributed by atoms with E-state index in [0.29, 0.717) is 0 Å². The van der Waals surface area contributed by atoms with Crippen LogP contribution >= 0.6 is 34.0 Å². The van der Waals surface area contributed by atoms with Crippen molar-refractivity contribution in [3.8, 4) is 19.5 Å². The predicted octanol–water partition coefficient (Wildman–Crippen LogP) is 11.3. The summed E-state index contributed by atoms with van der Waals surface area (Å²) in [6.45, 7) is 6.94. The first-order chi connectivity index (χ1) is 15.7. The van der Waals surface area contributed by atoms with E-state index in [1.165, 1.54) is 108 Å². The van der Waals surface area contributed by atoms with E-state index in [1.807, 2.05) is 34.0 Å². The minimum Gasteiger partial charge on any atom is -0.139 e. The van der Waals surface area contributed by atoms with Gasteiger partial charge in [0.05, 0.1) is 0 Å². The molecule has 0 saturated carbocycles. The summed E-state index contributed by atoms with van der Waals surface area (Å²) in [6, 6.07) is 14.0. The molecule has 0 saturated heterocycles. The van der Waals surface area contributed by atoms with Gasteiger partial charge < -0.3 is 0 Å². The first kappa shape index (κ1) is 25.7. The van der Waals surface area contributed by atoms with E-state index in [9.17, 15) is 0 Å². The smallest absolute Gasteiger partial charge is 0.0449 e. The Hall–Kier alpha value is -0.900.